The Labute approximate surface area is 167 Å². The van der Waals surface area contributed by atoms with E-state index in [1.54, 1.807) is 19.1 Å². The molecule has 2 aromatic heterocycles. The Morgan fingerprint density at radius 2 is 1.93 bits per heavy atom. The third-order valence-electron chi connectivity index (χ3n) is 3.90. The molecule has 148 valence electrons. The molecule has 3 rings (SSSR count). The number of methoxy groups -OCH3 is 1. The van der Waals surface area contributed by atoms with Crippen molar-refractivity contribution in [1.29, 1.82) is 0 Å². The Morgan fingerprint density at radius 1 is 1.21 bits per heavy atom. The van der Waals surface area contributed by atoms with Crippen molar-refractivity contribution in [1.82, 2.24) is 9.97 Å². The second-order valence-corrected chi connectivity index (χ2v) is 10.2. The van der Waals surface area contributed by atoms with Crippen molar-refractivity contribution in [2.45, 2.75) is 6.92 Å². The minimum absolute atomic E-state index is 0.00989. The Morgan fingerprint density at radius 3 is 2.57 bits per heavy atom. The van der Waals surface area contributed by atoms with Gasteiger partial charge in [-0.15, -0.1) is 0 Å². The first-order chi connectivity index (χ1) is 13.3. The zero-order valence-electron chi connectivity index (χ0n) is 15.1. The predicted octanol–water partition coefficient (Wildman–Crippen LogP) is 1.11. The van der Waals surface area contributed by atoms with Gasteiger partial charge in [-0.25, -0.2) is 0 Å². The topological polar surface area (TPSA) is 131 Å². The second kappa shape index (κ2) is 8.42. The summed E-state index contributed by atoms with van der Waals surface area (Å²) in [5.41, 5.74) is 1.29. The molecule has 0 saturated heterocycles. The van der Waals surface area contributed by atoms with E-state index in [9.17, 15) is 16.7 Å². The van der Waals surface area contributed by atoms with Gasteiger partial charge in [-0.1, -0.05) is 0 Å². The van der Waals surface area contributed by atoms with Crippen molar-refractivity contribution >= 4 is 57.6 Å². The summed E-state index contributed by atoms with van der Waals surface area (Å²) in [6.45, 7) is 2.26. The van der Waals surface area contributed by atoms with Crippen LogP contribution in [0.3, 0.4) is 0 Å². The fraction of sp³-hybridized carbons (Fsp3) is 0.235. The van der Waals surface area contributed by atoms with Crippen LogP contribution in [-0.4, -0.2) is 58.6 Å². The summed E-state index contributed by atoms with van der Waals surface area (Å²) in [7, 11) is 1.53. The van der Waals surface area contributed by atoms with Crippen molar-refractivity contribution in [2.75, 3.05) is 25.6 Å². The van der Waals surface area contributed by atoms with E-state index in [0.29, 0.717) is 38.8 Å². The van der Waals surface area contributed by atoms with Crippen LogP contribution in [0.25, 0.3) is 10.2 Å². The fourth-order valence-electron chi connectivity index (χ4n) is 2.52. The molecule has 2 heterocycles. The molecule has 0 fully saturated rings. The van der Waals surface area contributed by atoms with Gasteiger partial charge in [-0.3, -0.25) is 0 Å². The normalized spacial score (nSPS) is 11.6. The number of hydrogen-bond donors (Lipinski definition) is 3. The molecule has 0 spiro atoms. The van der Waals surface area contributed by atoms with Crippen LogP contribution in [0, 0.1) is 6.92 Å². The molecule has 1 aromatic carbocycles. The van der Waals surface area contributed by atoms with E-state index in [1.165, 1.54) is 36.9 Å². The van der Waals surface area contributed by atoms with Crippen molar-refractivity contribution < 1.29 is 26.2 Å². The number of thiophene rings is 1. The van der Waals surface area contributed by atoms with Gasteiger partial charge < -0.3 is 4.74 Å². The van der Waals surface area contributed by atoms with Crippen LogP contribution in [0.4, 0.5) is 11.5 Å². The number of nitrogens with one attached hydrogen (secondary N) is 1. The summed E-state index contributed by atoms with van der Waals surface area (Å²) in [5, 5.41) is 3.80. The first-order valence-electron chi connectivity index (χ1n) is 8.14. The van der Waals surface area contributed by atoms with Crippen molar-refractivity contribution in [3.05, 3.63) is 41.0 Å². The molecule has 0 saturated carbocycles. The molecule has 0 unspecified atom stereocenters. The number of anilines is 2. The van der Waals surface area contributed by atoms with Crippen molar-refractivity contribution in [3.63, 3.8) is 0 Å². The maximum atomic E-state index is 12.3. The number of ether oxygens (including phenoxy) is 2. The molecule has 9 nitrogen and oxygen atoms in total. The van der Waals surface area contributed by atoms with E-state index in [1.807, 2.05) is 0 Å². The van der Waals surface area contributed by atoms with Gasteiger partial charge in [0.1, 0.15) is 0 Å². The monoisotopic (exact) mass is 467 g/mol. The fourth-order valence-corrected chi connectivity index (χ4v) is 4.69. The standard InChI is InChI=1S/C17H18AsN3O6S/c1-10-13-15(21-12-5-3-11(4-6-12)18(23,24)25)19-9-20-16(13)28-14(10)17(22)27-8-7-26-2/h3-6,9H,7-8H2,1-2H3,(H,19,20,21)(H2,23,24,25). The maximum absolute atomic E-state index is 12.3. The van der Waals surface area contributed by atoms with E-state index in [4.69, 9.17) is 9.47 Å². The van der Waals surface area contributed by atoms with E-state index in [-0.39, 0.29) is 11.0 Å². The molecular formula is C17H18AsN3O6S. The summed E-state index contributed by atoms with van der Waals surface area (Å²) in [4.78, 5) is 21.8. The van der Waals surface area contributed by atoms with Crippen LogP contribution in [0.5, 0.6) is 0 Å². The van der Waals surface area contributed by atoms with Gasteiger partial charge in [0.2, 0.25) is 0 Å². The Kier molecular flexibility index (Phi) is 6.16. The first kappa shape index (κ1) is 20.5. The summed E-state index contributed by atoms with van der Waals surface area (Å²) in [5.74, 6) is 0.0423. The van der Waals surface area contributed by atoms with Crippen LogP contribution in [-0.2, 0) is 13.2 Å². The number of fused-ring (bicyclic) bond motifs is 1. The molecule has 11 heteroatoms. The summed E-state index contributed by atoms with van der Waals surface area (Å²) >= 11 is -3.71. The third kappa shape index (κ3) is 4.43. The van der Waals surface area contributed by atoms with Crippen molar-refractivity contribution in [2.24, 2.45) is 0 Å². The summed E-state index contributed by atoms with van der Waals surface area (Å²) in [6, 6.07) is 5.87. The van der Waals surface area contributed by atoms with Gasteiger partial charge >= 0.3 is 149 Å². The first-order valence-corrected chi connectivity index (χ1v) is 12.3. The second-order valence-electron chi connectivity index (χ2n) is 5.80. The Hall–Kier alpha value is -2.23. The molecule has 3 N–H and O–H groups in total. The quantitative estimate of drug-likeness (QED) is 0.266. The van der Waals surface area contributed by atoms with E-state index in [0.717, 1.165) is 0 Å². The average Bonchev–Trinajstić information content (AvgIpc) is 2.99. The van der Waals surface area contributed by atoms with Gasteiger partial charge in [0.15, 0.2) is 0 Å². The van der Waals surface area contributed by atoms with E-state index in [2.05, 4.69) is 15.3 Å². The Bertz CT molecular complexity index is 1050. The molecule has 0 radical (unpaired) electrons. The predicted molar refractivity (Wildman–Crippen MR) is 105 cm³/mol. The van der Waals surface area contributed by atoms with Crippen LogP contribution in [0.2, 0.25) is 0 Å². The molecule has 0 bridgehead atoms. The molecule has 0 aliphatic rings. The van der Waals surface area contributed by atoms with Crippen LogP contribution in [0.15, 0.2) is 30.6 Å². The molecular weight excluding hydrogens is 449 g/mol. The number of benzene rings is 1. The Balaban J connectivity index is 1.90. The van der Waals surface area contributed by atoms with Gasteiger partial charge in [-0.2, -0.15) is 0 Å². The van der Waals surface area contributed by atoms with Crippen LogP contribution < -0.4 is 9.67 Å². The zero-order valence-corrected chi connectivity index (χ0v) is 17.8. The van der Waals surface area contributed by atoms with Gasteiger partial charge in [-0.05, 0) is 0 Å². The average molecular weight is 467 g/mol. The van der Waals surface area contributed by atoms with Gasteiger partial charge in [0, 0.05) is 7.11 Å². The molecule has 0 amide bonds. The van der Waals surface area contributed by atoms with E-state index >= 15 is 0 Å². The summed E-state index contributed by atoms with van der Waals surface area (Å²) in [6.07, 6.45) is 1.38. The number of esters is 1. The van der Waals surface area contributed by atoms with Crippen LogP contribution in [0.1, 0.15) is 15.2 Å². The van der Waals surface area contributed by atoms with Crippen LogP contribution >= 0.6 is 11.3 Å². The third-order valence-corrected chi connectivity index (χ3v) is 7.12. The van der Waals surface area contributed by atoms with Crippen molar-refractivity contribution in [3.8, 4) is 0 Å². The van der Waals surface area contributed by atoms with E-state index < -0.39 is 20.1 Å². The SMILES string of the molecule is COCCOC(=O)c1sc2ncnc(Nc3ccc([As](=O)(O)O)cc3)c2c1C. The summed E-state index contributed by atoms with van der Waals surface area (Å²) < 4.78 is 39.9. The number of carbonyl (C=O) groups excluding carboxylic acids is 1. The number of carbonyl (C=O) groups is 1. The molecule has 0 aliphatic carbocycles. The number of nitrogens with zero attached hydrogens (tertiary/aromatic N) is 2. The number of aryl methyl sites for hydroxylation is 1. The molecule has 28 heavy (non-hydrogen) atoms. The minimum atomic E-state index is -4.93. The number of aromatic nitrogens is 2. The van der Waals surface area contributed by atoms with Gasteiger partial charge in [0.05, 0.1) is 6.61 Å². The molecule has 0 aliphatic heterocycles. The number of rotatable bonds is 7. The molecule has 0 atom stereocenters. The molecule has 3 aromatic rings. The number of hydrogen-bond acceptors (Lipinski definition) is 8. The van der Waals surface area contributed by atoms with Gasteiger partial charge in [0.25, 0.3) is 0 Å². The zero-order chi connectivity index (χ0) is 20.3.